The van der Waals surface area contributed by atoms with Gasteiger partial charge in [0.15, 0.2) is 11.5 Å². The molecule has 178 valence electrons. The second kappa shape index (κ2) is 9.07. The number of anilines is 1. The van der Waals surface area contributed by atoms with Gasteiger partial charge in [-0.2, -0.15) is 4.31 Å². The van der Waals surface area contributed by atoms with Gasteiger partial charge in [-0.3, -0.25) is 10.1 Å². The monoisotopic (exact) mass is 484 g/mol. The molecule has 0 radical (unpaired) electrons. The maximum atomic E-state index is 13.1. The molecule has 3 heterocycles. The lowest BCUT2D eigenvalue weighted by Crippen LogP contribution is -2.43. The SMILES string of the molecule is CCC1CCCCN1S(=O)(=O)c1ccc(C(=O)Nc2nnc(-c3ccc4c(c3)OCO4)o2)cc1. The number of carbonyl (C=O) groups excluding carboxylic acids is 1. The Morgan fingerprint density at radius 1 is 1.09 bits per heavy atom. The van der Waals surface area contributed by atoms with Crippen LogP contribution < -0.4 is 14.8 Å². The molecule has 0 bridgehead atoms. The number of piperidine rings is 1. The van der Waals surface area contributed by atoms with Gasteiger partial charge in [0, 0.05) is 23.7 Å². The zero-order chi connectivity index (χ0) is 23.7. The van der Waals surface area contributed by atoms with Crippen molar-refractivity contribution in [2.45, 2.75) is 43.5 Å². The van der Waals surface area contributed by atoms with E-state index in [1.807, 2.05) is 6.92 Å². The highest BCUT2D eigenvalue weighted by atomic mass is 32.2. The Morgan fingerprint density at radius 3 is 2.68 bits per heavy atom. The molecule has 1 atom stereocenters. The molecule has 3 aromatic rings. The van der Waals surface area contributed by atoms with Gasteiger partial charge in [0.25, 0.3) is 5.91 Å². The average molecular weight is 485 g/mol. The number of amides is 1. The standard InChI is InChI=1S/C23H24N4O6S/c1-2-17-5-3-4-12-27(17)34(29,30)18-9-6-15(7-10-18)21(28)24-23-26-25-22(33-23)16-8-11-19-20(13-16)32-14-31-19/h6-11,13,17H,2-5,12,14H2,1H3,(H,24,26,28). The highest BCUT2D eigenvalue weighted by molar-refractivity contribution is 7.89. The van der Waals surface area contributed by atoms with Gasteiger partial charge in [-0.25, -0.2) is 8.42 Å². The predicted molar refractivity (Wildman–Crippen MR) is 122 cm³/mol. The first-order valence-corrected chi connectivity index (χ1v) is 12.6. The maximum absolute atomic E-state index is 13.1. The van der Waals surface area contributed by atoms with Gasteiger partial charge < -0.3 is 13.9 Å². The largest absolute Gasteiger partial charge is 0.454 e. The average Bonchev–Trinajstić information content (AvgIpc) is 3.53. The molecule has 0 spiro atoms. The molecule has 0 aliphatic carbocycles. The summed E-state index contributed by atoms with van der Waals surface area (Å²) in [6.45, 7) is 2.68. The van der Waals surface area contributed by atoms with E-state index in [9.17, 15) is 13.2 Å². The Labute approximate surface area is 196 Å². The van der Waals surface area contributed by atoms with E-state index in [0.29, 0.717) is 23.6 Å². The van der Waals surface area contributed by atoms with Crippen molar-refractivity contribution >= 4 is 21.9 Å². The third-order valence-electron chi connectivity index (χ3n) is 6.03. The van der Waals surface area contributed by atoms with Crippen LogP contribution >= 0.6 is 0 Å². The Kier molecular flexibility index (Phi) is 5.96. The molecule has 11 heteroatoms. The number of benzene rings is 2. The molecular formula is C23H24N4O6S. The number of carbonyl (C=O) groups is 1. The summed E-state index contributed by atoms with van der Waals surface area (Å²) in [7, 11) is -3.61. The number of hydrogen-bond donors (Lipinski definition) is 1. The van der Waals surface area contributed by atoms with Gasteiger partial charge in [-0.1, -0.05) is 18.4 Å². The van der Waals surface area contributed by atoms with Gasteiger partial charge in [-0.15, -0.1) is 5.10 Å². The van der Waals surface area contributed by atoms with Crippen LogP contribution in [0.2, 0.25) is 0 Å². The number of ether oxygens (including phenoxy) is 2. The van der Waals surface area contributed by atoms with Gasteiger partial charge in [-0.05, 0) is 61.7 Å². The summed E-state index contributed by atoms with van der Waals surface area (Å²) < 4.78 is 44.0. The van der Waals surface area contributed by atoms with Crippen molar-refractivity contribution < 1.29 is 27.1 Å². The minimum atomic E-state index is -3.61. The number of fused-ring (bicyclic) bond motifs is 1. The van der Waals surface area contributed by atoms with E-state index in [0.717, 1.165) is 25.7 Å². The van der Waals surface area contributed by atoms with Gasteiger partial charge in [0.05, 0.1) is 4.90 Å². The molecule has 1 aromatic heterocycles. The molecule has 2 aliphatic rings. The van der Waals surface area contributed by atoms with Crippen molar-refractivity contribution in [3.05, 3.63) is 48.0 Å². The van der Waals surface area contributed by atoms with Crippen molar-refractivity contribution in [2.24, 2.45) is 0 Å². The predicted octanol–water partition coefficient (Wildman–Crippen LogP) is 3.67. The molecular weight excluding hydrogens is 460 g/mol. The van der Waals surface area contributed by atoms with Crippen LogP contribution in [0.4, 0.5) is 6.01 Å². The van der Waals surface area contributed by atoms with Crippen LogP contribution in [0.25, 0.3) is 11.5 Å². The molecule has 2 aliphatic heterocycles. The Bertz CT molecular complexity index is 1310. The lowest BCUT2D eigenvalue weighted by atomic mass is 10.0. The smallest absolute Gasteiger partial charge is 0.322 e. The fourth-order valence-corrected chi connectivity index (χ4v) is 5.97. The van der Waals surface area contributed by atoms with E-state index in [4.69, 9.17) is 13.9 Å². The number of sulfonamides is 1. The van der Waals surface area contributed by atoms with Gasteiger partial charge in [0.1, 0.15) is 0 Å². The van der Waals surface area contributed by atoms with Crippen LogP contribution in [-0.2, 0) is 10.0 Å². The molecule has 1 amide bonds. The number of aromatic nitrogens is 2. The number of rotatable bonds is 6. The molecule has 2 aromatic carbocycles. The summed E-state index contributed by atoms with van der Waals surface area (Å²) >= 11 is 0. The lowest BCUT2D eigenvalue weighted by molar-refractivity contribution is 0.102. The fraction of sp³-hybridized carbons (Fsp3) is 0.348. The second-order valence-electron chi connectivity index (χ2n) is 8.13. The summed E-state index contributed by atoms with van der Waals surface area (Å²) in [6.07, 6.45) is 3.54. The third kappa shape index (κ3) is 4.24. The summed E-state index contributed by atoms with van der Waals surface area (Å²) in [5.41, 5.74) is 0.891. The Hall–Kier alpha value is -3.44. The summed E-state index contributed by atoms with van der Waals surface area (Å²) in [6, 6.07) is 11.0. The highest BCUT2D eigenvalue weighted by Gasteiger charge is 2.32. The minimum Gasteiger partial charge on any atom is -0.454 e. The summed E-state index contributed by atoms with van der Waals surface area (Å²) in [5.74, 6) is 0.926. The zero-order valence-electron chi connectivity index (χ0n) is 18.6. The molecule has 5 rings (SSSR count). The fourth-order valence-electron chi connectivity index (χ4n) is 4.20. The molecule has 1 fully saturated rings. The highest BCUT2D eigenvalue weighted by Crippen LogP contribution is 2.35. The second-order valence-corrected chi connectivity index (χ2v) is 10.0. The van der Waals surface area contributed by atoms with Crippen LogP contribution in [-0.4, -0.2) is 48.2 Å². The molecule has 34 heavy (non-hydrogen) atoms. The molecule has 0 saturated carbocycles. The Balaban J connectivity index is 1.28. The first-order valence-electron chi connectivity index (χ1n) is 11.1. The zero-order valence-corrected chi connectivity index (χ0v) is 19.4. The Morgan fingerprint density at radius 2 is 1.88 bits per heavy atom. The summed E-state index contributed by atoms with van der Waals surface area (Å²) in [4.78, 5) is 12.8. The van der Waals surface area contributed by atoms with Crippen molar-refractivity contribution in [1.29, 1.82) is 0 Å². The van der Waals surface area contributed by atoms with E-state index in [1.165, 1.54) is 24.3 Å². The molecule has 1 N–H and O–H groups in total. The van der Waals surface area contributed by atoms with Crippen LogP contribution in [0.3, 0.4) is 0 Å². The van der Waals surface area contributed by atoms with Crippen LogP contribution in [0.5, 0.6) is 11.5 Å². The van der Waals surface area contributed by atoms with Gasteiger partial charge >= 0.3 is 6.01 Å². The van der Waals surface area contributed by atoms with Crippen LogP contribution in [0, 0.1) is 0 Å². The molecule has 1 unspecified atom stereocenters. The normalized spacial score (nSPS) is 18.1. The summed E-state index contributed by atoms with van der Waals surface area (Å²) in [5, 5.41) is 10.4. The lowest BCUT2D eigenvalue weighted by Gasteiger charge is -2.34. The topological polar surface area (TPSA) is 124 Å². The van der Waals surface area contributed by atoms with Gasteiger partial charge in [0.2, 0.25) is 22.7 Å². The van der Waals surface area contributed by atoms with E-state index < -0.39 is 15.9 Å². The van der Waals surface area contributed by atoms with E-state index >= 15 is 0 Å². The van der Waals surface area contributed by atoms with Crippen molar-refractivity contribution in [1.82, 2.24) is 14.5 Å². The van der Waals surface area contributed by atoms with Crippen LogP contribution in [0.15, 0.2) is 51.8 Å². The maximum Gasteiger partial charge on any atom is 0.322 e. The first kappa shape index (κ1) is 22.4. The molecule has 10 nitrogen and oxygen atoms in total. The number of nitrogens with one attached hydrogen (secondary N) is 1. The van der Waals surface area contributed by atoms with E-state index in [2.05, 4.69) is 15.5 Å². The number of hydrogen-bond acceptors (Lipinski definition) is 8. The van der Waals surface area contributed by atoms with Crippen molar-refractivity contribution in [3.63, 3.8) is 0 Å². The van der Waals surface area contributed by atoms with Crippen molar-refractivity contribution in [2.75, 3.05) is 18.7 Å². The number of nitrogens with zero attached hydrogens (tertiary/aromatic N) is 3. The first-order chi connectivity index (χ1) is 16.5. The third-order valence-corrected chi connectivity index (χ3v) is 8.00. The minimum absolute atomic E-state index is 0.0122. The quantitative estimate of drug-likeness (QED) is 0.562. The van der Waals surface area contributed by atoms with E-state index in [1.54, 1.807) is 22.5 Å². The van der Waals surface area contributed by atoms with E-state index in [-0.39, 0.29) is 35.2 Å². The van der Waals surface area contributed by atoms with Crippen LogP contribution in [0.1, 0.15) is 43.0 Å². The molecule has 1 saturated heterocycles. The van der Waals surface area contributed by atoms with Crippen molar-refractivity contribution in [3.8, 4) is 23.0 Å².